The van der Waals surface area contributed by atoms with Crippen LogP contribution in [-0.4, -0.2) is 20.9 Å². The lowest BCUT2D eigenvalue weighted by atomic mass is 10.0. The van der Waals surface area contributed by atoms with E-state index in [9.17, 15) is 4.79 Å². The van der Waals surface area contributed by atoms with E-state index in [0.29, 0.717) is 12.2 Å². The van der Waals surface area contributed by atoms with Crippen molar-refractivity contribution >= 4 is 23.4 Å². The minimum Gasteiger partial charge on any atom is -0.478 e. The Morgan fingerprint density at radius 3 is 2.55 bits per heavy atom. The summed E-state index contributed by atoms with van der Waals surface area (Å²) in [7, 11) is 0. The molecule has 0 fully saturated rings. The van der Waals surface area contributed by atoms with Gasteiger partial charge in [-0.15, -0.1) is 0 Å². The molecule has 29 heavy (non-hydrogen) atoms. The standard InChI is InChI=1S/C23H23N3O2S/c1-17(14-26-15-21(13-25-26)23(27)28)29-16-22(24)20-9-5-8-19(12-20)11-10-18-6-3-2-4-7-18/h2-9,12-13,15-16H,1,10-11,14,24H2,(H,27,28)/b22-16-. The highest BCUT2D eigenvalue weighted by molar-refractivity contribution is 8.05. The van der Waals surface area contributed by atoms with Crippen molar-refractivity contribution in [2.24, 2.45) is 5.73 Å². The fraction of sp³-hybridized carbons (Fsp3) is 0.130. The summed E-state index contributed by atoms with van der Waals surface area (Å²) in [5.74, 6) is -0.995. The van der Waals surface area contributed by atoms with Crippen LogP contribution in [0.4, 0.5) is 0 Å². The Morgan fingerprint density at radius 2 is 1.83 bits per heavy atom. The molecule has 0 radical (unpaired) electrons. The number of carbonyl (C=O) groups is 1. The van der Waals surface area contributed by atoms with E-state index in [1.807, 2.05) is 23.6 Å². The van der Waals surface area contributed by atoms with Crippen LogP contribution < -0.4 is 5.73 Å². The smallest absolute Gasteiger partial charge is 0.338 e. The molecule has 0 saturated heterocycles. The number of benzene rings is 2. The van der Waals surface area contributed by atoms with Crippen molar-refractivity contribution in [3.8, 4) is 0 Å². The van der Waals surface area contributed by atoms with Gasteiger partial charge in [-0.1, -0.05) is 66.9 Å². The molecule has 3 N–H and O–H groups in total. The van der Waals surface area contributed by atoms with E-state index >= 15 is 0 Å². The highest BCUT2D eigenvalue weighted by atomic mass is 32.2. The van der Waals surface area contributed by atoms with Gasteiger partial charge in [-0.2, -0.15) is 5.10 Å². The summed E-state index contributed by atoms with van der Waals surface area (Å²) in [5, 5.41) is 14.8. The number of aromatic nitrogens is 2. The van der Waals surface area contributed by atoms with Gasteiger partial charge in [-0.25, -0.2) is 4.79 Å². The van der Waals surface area contributed by atoms with Crippen molar-refractivity contribution in [1.82, 2.24) is 9.78 Å². The van der Waals surface area contributed by atoms with Gasteiger partial charge < -0.3 is 10.8 Å². The highest BCUT2D eigenvalue weighted by Gasteiger charge is 2.07. The van der Waals surface area contributed by atoms with Crippen LogP contribution in [0.3, 0.4) is 0 Å². The molecule has 0 spiro atoms. The maximum Gasteiger partial charge on any atom is 0.338 e. The van der Waals surface area contributed by atoms with Crippen LogP contribution in [0.1, 0.15) is 27.0 Å². The number of carboxylic acids is 1. The number of thioether (sulfide) groups is 1. The third kappa shape index (κ3) is 6.12. The largest absolute Gasteiger partial charge is 0.478 e. The van der Waals surface area contributed by atoms with Gasteiger partial charge in [0.2, 0.25) is 0 Å². The van der Waals surface area contributed by atoms with Gasteiger partial charge in [-0.05, 0) is 41.0 Å². The van der Waals surface area contributed by atoms with Gasteiger partial charge in [-0.3, -0.25) is 4.68 Å². The summed E-state index contributed by atoms with van der Waals surface area (Å²) in [5.41, 5.74) is 10.6. The summed E-state index contributed by atoms with van der Waals surface area (Å²) in [4.78, 5) is 11.7. The molecule has 0 aliphatic carbocycles. The predicted octanol–water partition coefficient (Wildman–Crippen LogP) is 4.57. The fourth-order valence-corrected chi connectivity index (χ4v) is 3.47. The van der Waals surface area contributed by atoms with Crippen LogP contribution in [0.5, 0.6) is 0 Å². The number of aromatic carboxylic acids is 1. The van der Waals surface area contributed by atoms with E-state index in [2.05, 4.69) is 48.1 Å². The van der Waals surface area contributed by atoms with Crippen molar-refractivity contribution < 1.29 is 9.90 Å². The van der Waals surface area contributed by atoms with Gasteiger partial charge in [0.05, 0.1) is 18.3 Å². The third-order valence-corrected chi connectivity index (χ3v) is 5.21. The van der Waals surface area contributed by atoms with Crippen molar-refractivity contribution in [2.45, 2.75) is 19.4 Å². The van der Waals surface area contributed by atoms with Gasteiger partial charge >= 0.3 is 5.97 Å². The Hall–Kier alpha value is -3.25. The van der Waals surface area contributed by atoms with E-state index in [1.165, 1.54) is 35.3 Å². The first-order valence-corrected chi connectivity index (χ1v) is 10.1. The van der Waals surface area contributed by atoms with E-state index in [-0.39, 0.29) is 5.56 Å². The molecular weight excluding hydrogens is 382 g/mol. The third-order valence-electron chi connectivity index (χ3n) is 4.38. The van der Waals surface area contributed by atoms with Gasteiger partial charge in [0.25, 0.3) is 0 Å². The molecular formula is C23H23N3O2S. The zero-order chi connectivity index (χ0) is 20.6. The number of hydrogen-bond donors (Lipinski definition) is 2. The highest BCUT2D eigenvalue weighted by Crippen LogP contribution is 2.22. The van der Waals surface area contributed by atoms with E-state index < -0.39 is 5.97 Å². The Bertz CT molecular complexity index is 1030. The van der Waals surface area contributed by atoms with E-state index in [0.717, 1.165) is 23.3 Å². The molecule has 2 aromatic carbocycles. The molecule has 5 nitrogen and oxygen atoms in total. The molecule has 0 atom stereocenters. The maximum absolute atomic E-state index is 10.9. The molecule has 3 rings (SSSR count). The summed E-state index contributed by atoms with van der Waals surface area (Å²) in [6, 6.07) is 18.7. The van der Waals surface area contributed by atoms with Gasteiger partial charge in [0, 0.05) is 16.8 Å². The van der Waals surface area contributed by atoms with Crippen molar-refractivity contribution in [2.75, 3.05) is 0 Å². The molecule has 1 heterocycles. The van der Waals surface area contributed by atoms with E-state index in [4.69, 9.17) is 10.8 Å². The average molecular weight is 406 g/mol. The van der Waals surface area contributed by atoms with Crippen LogP contribution >= 0.6 is 11.8 Å². The lowest BCUT2D eigenvalue weighted by molar-refractivity contribution is 0.0697. The lowest BCUT2D eigenvalue weighted by Gasteiger charge is -2.07. The molecule has 0 aliphatic heterocycles. The number of nitrogens with zero attached hydrogens (tertiary/aromatic N) is 2. The van der Waals surface area contributed by atoms with Gasteiger partial charge in [0.15, 0.2) is 0 Å². The van der Waals surface area contributed by atoms with Crippen LogP contribution in [0.25, 0.3) is 5.70 Å². The summed E-state index contributed by atoms with van der Waals surface area (Å²) in [6.45, 7) is 4.42. The van der Waals surface area contributed by atoms with E-state index in [1.54, 1.807) is 4.68 Å². The molecule has 6 heteroatoms. The lowest BCUT2D eigenvalue weighted by Crippen LogP contribution is -2.00. The van der Waals surface area contributed by atoms with Crippen molar-refractivity contribution in [1.29, 1.82) is 0 Å². The second-order valence-corrected chi connectivity index (χ2v) is 7.70. The molecule has 3 aromatic rings. The minimum atomic E-state index is -0.995. The average Bonchev–Trinajstić information content (AvgIpc) is 3.20. The molecule has 0 unspecified atom stereocenters. The van der Waals surface area contributed by atoms with Crippen LogP contribution in [0.2, 0.25) is 0 Å². The summed E-state index contributed by atoms with van der Waals surface area (Å²) < 4.78 is 1.55. The Morgan fingerprint density at radius 1 is 1.10 bits per heavy atom. The second-order valence-electron chi connectivity index (χ2n) is 6.65. The second kappa shape index (κ2) is 9.80. The topological polar surface area (TPSA) is 81.1 Å². The fourth-order valence-electron chi connectivity index (χ4n) is 2.83. The molecule has 0 aliphatic rings. The van der Waals surface area contributed by atoms with Crippen LogP contribution in [0.15, 0.2) is 83.9 Å². The summed E-state index contributed by atoms with van der Waals surface area (Å²) in [6.07, 6.45) is 4.75. The Balaban J connectivity index is 1.57. The van der Waals surface area contributed by atoms with Crippen molar-refractivity contribution in [3.05, 3.63) is 106 Å². The minimum absolute atomic E-state index is 0.158. The first kappa shape index (κ1) is 20.5. The number of allylic oxidation sites excluding steroid dienone is 1. The number of carboxylic acid groups (broad SMARTS) is 1. The quantitative estimate of drug-likeness (QED) is 0.545. The van der Waals surface area contributed by atoms with Crippen LogP contribution in [-0.2, 0) is 19.4 Å². The molecule has 1 aromatic heterocycles. The molecule has 148 valence electrons. The Kier molecular flexibility index (Phi) is 6.92. The molecule has 0 bridgehead atoms. The monoisotopic (exact) mass is 405 g/mol. The summed E-state index contributed by atoms with van der Waals surface area (Å²) >= 11 is 1.42. The number of rotatable bonds is 9. The van der Waals surface area contributed by atoms with Gasteiger partial charge in [0.1, 0.15) is 0 Å². The predicted molar refractivity (Wildman–Crippen MR) is 118 cm³/mol. The Labute approximate surface area is 174 Å². The molecule has 0 saturated carbocycles. The first-order valence-electron chi connectivity index (χ1n) is 9.20. The SMILES string of the molecule is C=C(Cn1cc(C(=O)O)cn1)S/C=C(\N)c1cccc(CCc2ccccc2)c1. The van der Waals surface area contributed by atoms with Crippen molar-refractivity contribution in [3.63, 3.8) is 0 Å². The normalized spacial score (nSPS) is 11.4. The zero-order valence-electron chi connectivity index (χ0n) is 16.0. The first-order chi connectivity index (χ1) is 14.0. The number of hydrogen-bond acceptors (Lipinski definition) is 4. The number of aryl methyl sites for hydroxylation is 2. The number of nitrogens with two attached hydrogens (primary N) is 1. The molecule has 0 amide bonds. The zero-order valence-corrected chi connectivity index (χ0v) is 16.8. The van der Waals surface area contributed by atoms with Crippen LogP contribution in [0, 0.1) is 0 Å². The maximum atomic E-state index is 10.9.